The van der Waals surface area contributed by atoms with Crippen LogP contribution in [0.25, 0.3) is 0 Å². The second-order valence-electron chi connectivity index (χ2n) is 6.59. The Morgan fingerprint density at radius 2 is 1.92 bits per heavy atom. The lowest BCUT2D eigenvalue weighted by Gasteiger charge is -2.14. The number of anilines is 2. The number of carbonyl (C=O) groups excluding carboxylic acids is 1. The molecule has 1 aromatic heterocycles. The first-order valence-electron chi connectivity index (χ1n) is 8.63. The molecule has 0 radical (unpaired) electrons. The number of aromatic nitrogens is 2. The van der Waals surface area contributed by atoms with Gasteiger partial charge in [-0.05, 0) is 36.5 Å². The summed E-state index contributed by atoms with van der Waals surface area (Å²) < 4.78 is 0. The van der Waals surface area contributed by atoms with Crippen molar-refractivity contribution in [3.05, 3.63) is 47.8 Å². The first kappa shape index (κ1) is 16.4. The number of nitrogens with one attached hydrogen (secondary N) is 2. The Morgan fingerprint density at radius 1 is 1.17 bits per heavy atom. The van der Waals surface area contributed by atoms with Crippen LogP contribution in [0.1, 0.15) is 61.5 Å². The van der Waals surface area contributed by atoms with Gasteiger partial charge >= 0.3 is 0 Å². The molecule has 0 atom stereocenters. The van der Waals surface area contributed by atoms with Crippen LogP contribution in [-0.4, -0.2) is 21.9 Å². The van der Waals surface area contributed by atoms with Gasteiger partial charge in [0.1, 0.15) is 5.69 Å². The summed E-state index contributed by atoms with van der Waals surface area (Å²) in [4.78, 5) is 21.2. The van der Waals surface area contributed by atoms with Crippen molar-refractivity contribution in [2.24, 2.45) is 0 Å². The van der Waals surface area contributed by atoms with Crippen molar-refractivity contribution >= 4 is 17.5 Å². The lowest BCUT2D eigenvalue weighted by atomic mass is 10.0. The Morgan fingerprint density at radius 3 is 2.67 bits per heavy atom. The van der Waals surface area contributed by atoms with E-state index in [1.807, 2.05) is 24.3 Å². The number of hydrogen-bond donors (Lipinski definition) is 2. The molecule has 5 heteroatoms. The molecule has 1 saturated carbocycles. The Labute approximate surface area is 142 Å². The molecule has 1 aliphatic carbocycles. The second-order valence-corrected chi connectivity index (χ2v) is 6.59. The minimum Gasteiger partial charge on any atom is -0.351 e. The van der Waals surface area contributed by atoms with E-state index in [1.54, 1.807) is 12.3 Å². The van der Waals surface area contributed by atoms with Crippen LogP contribution in [0.2, 0.25) is 0 Å². The highest BCUT2D eigenvalue weighted by Crippen LogP contribution is 2.24. The average molecular weight is 324 g/mol. The summed E-state index contributed by atoms with van der Waals surface area (Å²) in [7, 11) is 0. The molecule has 0 saturated heterocycles. The van der Waals surface area contributed by atoms with Crippen molar-refractivity contribution in [2.45, 2.75) is 51.5 Å². The SMILES string of the molecule is CC(C)c1ccccc1NC(=O)c1ccnc(NC2CCCC2)n1. The molecule has 3 rings (SSSR count). The van der Waals surface area contributed by atoms with E-state index in [0.29, 0.717) is 23.6 Å². The molecule has 1 aliphatic rings. The van der Waals surface area contributed by atoms with Gasteiger partial charge in [-0.2, -0.15) is 0 Å². The molecule has 1 amide bonds. The fourth-order valence-electron chi connectivity index (χ4n) is 3.11. The summed E-state index contributed by atoms with van der Waals surface area (Å²) in [6.45, 7) is 4.22. The first-order valence-corrected chi connectivity index (χ1v) is 8.63. The third-order valence-corrected chi connectivity index (χ3v) is 4.41. The Balaban J connectivity index is 1.73. The Hall–Kier alpha value is -2.43. The van der Waals surface area contributed by atoms with E-state index < -0.39 is 0 Å². The van der Waals surface area contributed by atoms with Crippen LogP contribution in [0.3, 0.4) is 0 Å². The third-order valence-electron chi connectivity index (χ3n) is 4.41. The summed E-state index contributed by atoms with van der Waals surface area (Å²) in [6.07, 6.45) is 6.39. The molecule has 2 N–H and O–H groups in total. The van der Waals surface area contributed by atoms with E-state index in [-0.39, 0.29) is 5.91 Å². The van der Waals surface area contributed by atoms with E-state index >= 15 is 0 Å². The zero-order valence-corrected chi connectivity index (χ0v) is 14.2. The topological polar surface area (TPSA) is 66.9 Å². The highest BCUT2D eigenvalue weighted by atomic mass is 16.1. The van der Waals surface area contributed by atoms with E-state index in [0.717, 1.165) is 24.1 Å². The quantitative estimate of drug-likeness (QED) is 0.864. The number of para-hydroxylation sites is 1. The van der Waals surface area contributed by atoms with E-state index in [9.17, 15) is 4.79 Å². The molecule has 24 heavy (non-hydrogen) atoms. The van der Waals surface area contributed by atoms with E-state index in [1.165, 1.54) is 12.8 Å². The lowest BCUT2D eigenvalue weighted by molar-refractivity contribution is 0.102. The Bertz CT molecular complexity index is 708. The summed E-state index contributed by atoms with van der Waals surface area (Å²) >= 11 is 0. The molecular formula is C19H24N4O. The van der Waals surface area contributed by atoms with Crippen LogP contribution in [-0.2, 0) is 0 Å². The maximum atomic E-state index is 12.5. The molecular weight excluding hydrogens is 300 g/mol. The largest absolute Gasteiger partial charge is 0.351 e. The van der Waals surface area contributed by atoms with Crippen LogP contribution in [0.4, 0.5) is 11.6 Å². The molecule has 126 valence electrons. The molecule has 0 unspecified atom stereocenters. The van der Waals surface area contributed by atoms with Crippen LogP contribution in [0.15, 0.2) is 36.5 Å². The summed E-state index contributed by atoms with van der Waals surface area (Å²) in [6, 6.07) is 9.94. The number of hydrogen-bond acceptors (Lipinski definition) is 4. The normalized spacial score (nSPS) is 14.8. The van der Waals surface area contributed by atoms with Gasteiger partial charge in [-0.3, -0.25) is 4.79 Å². The second kappa shape index (κ2) is 7.43. The van der Waals surface area contributed by atoms with Crippen LogP contribution >= 0.6 is 0 Å². The van der Waals surface area contributed by atoms with Gasteiger partial charge in [-0.15, -0.1) is 0 Å². The zero-order chi connectivity index (χ0) is 16.9. The van der Waals surface area contributed by atoms with E-state index in [2.05, 4.69) is 34.4 Å². The molecule has 5 nitrogen and oxygen atoms in total. The molecule has 1 heterocycles. The van der Waals surface area contributed by atoms with Gasteiger partial charge in [0, 0.05) is 17.9 Å². The van der Waals surface area contributed by atoms with Crippen molar-refractivity contribution in [3.63, 3.8) is 0 Å². The van der Waals surface area contributed by atoms with Gasteiger partial charge in [0.15, 0.2) is 0 Å². The number of amides is 1. The van der Waals surface area contributed by atoms with Gasteiger partial charge in [-0.1, -0.05) is 44.9 Å². The maximum Gasteiger partial charge on any atom is 0.274 e. The van der Waals surface area contributed by atoms with Crippen molar-refractivity contribution in [1.29, 1.82) is 0 Å². The van der Waals surface area contributed by atoms with Crippen LogP contribution in [0, 0.1) is 0 Å². The molecule has 0 bridgehead atoms. The van der Waals surface area contributed by atoms with Gasteiger partial charge in [-0.25, -0.2) is 9.97 Å². The third kappa shape index (κ3) is 3.91. The average Bonchev–Trinajstić information content (AvgIpc) is 3.08. The number of carbonyl (C=O) groups is 1. The smallest absolute Gasteiger partial charge is 0.274 e. The van der Waals surface area contributed by atoms with Crippen molar-refractivity contribution in [2.75, 3.05) is 10.6 Å². The highest BCUT2D eigenvalue weighted by molar-refractivity contribution is 6.03. The highest BCUT2D eigenvalue weighted by Gasteiger charge is 2.17. The van der Waals surface area contributed by atoms with Gasteiger partial charge in [0.2, 0.25) is 5.95 Å². The first-order chi connectivity index (χ1) is 11.6. The zero-order valence-electron chi connectivity index (χ0n) is 14.2. The molecule has 1 aromatic carbocycles. The minimum atomic E-state index is -0.208. The monoisotopic (exact) mass is 324 g/mol. The summed E-state index contributed by atoms with van der Waals surface area (Å²) in [5.74, 6) is 0.665. The van der Waals surface area contributed by atoms with Gasteiger partial charge < -0.3 is 10.6 Å². The Kier molecular flexibility index (Phi) is 5.08. The minimum absolute atomic E-state index is 0.208. The van der Waals surface area contributed by atoms with Crippen molar-refractivity contribution in [1.82, 2.24) is 9.97 Å². The standard InChI is InChI=1S/C19H24N4O/c1-13(2)15-9-5-6-10-16(15)22-18(24)17-11-12-20-19(23-17)21-14-7-3-4-8-14/h5-6,9-14H,3-4,7-8H2,1-2H3,(H,22,24)(H,20,21,23). The number of rotatable bonds is 5. The van der Waals surface area contributed by atoms with Crippen molar-refractivity contribution < 1.29 is 4.79 Å². The van der Waals surface area contributed by atoms with Crippen molar-refractivity contribution in [3.8, 4) is 0 Å². The fraction of sp³-hybridized carbons (Fsp3) is 0.421. The maximum absolute atomic E-state index is 12.5. The molecule has 0 aliphatic heterocycles. The summed E-state index contributed by atoms with van der Waals surface area (Å²) in [5.41, 5.74) is 2.33. The lowest BCUT2D eigenvalue weighted by Crippen LogP contribution is -2.19. The van der Waals surface area contributed by atoms with Crippen LogP contribution in [0.5, 0.6) is 0 Å². The van der Waals surface area contributed by atoms with Gasteiger partial charge in [0.25, 0.3) is 5.91 Å². The predicted molar refractivity (Wildman–Crippen MR) is 96.4 cm³/mol. The predicted octanol–water partition coefficient (Wildman–Crippen LogP) is 4.21. The van der Waals surface area contributed by atoms with Crippen LogP contribution < -0.4 is 10.6 Å². The number of nitrogens with zero attached hydrogens (tertiary/aromatic N) is 2. The fourth-order valence-corrected chi connectivity index (χ4v) is 3.11. The number of benzene rings is 1. The summed E-state index contributed by atoms with van der Waals surface area (Å²) in [5, 5.41) is 6.30. The van der Waals surface area contributed by atoms with E-state index in [4.69, 9.17) is 0 Å². The van der Waals surface area contributed by atoms with Gasteiger partial charge in [0.05, 0.1) is 0 Å². The molecule has 2 aromatic rings. The molecule has 1 fully saturated rings. The molecule has 0 spiro atoms.